The normalized spacial score (nSPS) is 16.0. The molecule has 2 rings (SSSR count). The lowest BCUT2D eigenvalue weighted by Gasteiger charge is -2.21. The number of hydrogen-bond acceptors (Lipinski definition) is 4. The summed E-state index contributed by atoms with van der Waals surface area (Å²) < 4.78 is 0. The van der Waals surface area contributed by atoms with E-state index in [9.17, 15) is 5.26 Å². The number of hydrazone groups is 1. The highest BCUT2D eigenvalue weighted by Crippen LogP contribution is 2.14. The van der Waals surface area contributed by atoms with Crippen LogP contribution in [0.1, 0.15) is 25.7 Å². The van der Waals surface area contributed by atoms with Crippen molar-refractivity contribution in [2.24, 2.45) is 5.10 Å². The van der Waals surface area contributed by atoms with Crippen LogP contribution in [0.2, 0.25) is 5.02 Å². The van der Waals surface area contributed by atoms with Gasteiger partial charge in [-0.15, -0.1) is 0 Å². The van der Waals surface area contributed by atoms with Crippen LogP contribution in [0.5, 0.6) is 0 Å². The SMILES string of the molecule is N#C/C(=N\Nc1ccc(Cl)cc1)C(=N)N1CCCCCC1. The van der Waals surface area contributed by atoms with E-state index in [1.165, 1.54) is 12.8 Å². The molecule has 5 nitrogen and oxygen atoms in total. The van der Waals surface area contributed by atoms with Gasteiger partial charge in [0.05, 0.1) is 5.69 Å². The van der Waals surface area contributed by atoms with Crippen molar-refractivity contribution in [1.29, 1.82) is 10.7 Å². The van der Waals surface area contributed by atoms with Crippen molar-refractivity contribution < 1.29 is 0 Å². The minimum absolute atomic E-state index is 0.104. The van der Waals surface area contributed by atoms with E-state index in [0.29, 0.717) is 5.02 Å². The average molecular weight is 304 g/mol. The van der Waals surface area contributed by atoms with Gasteiger partial charge in [-0.2, -0.15) is 10.4 Å². The summed E-state index contributed by atoms with van der Waals surface area (Å²) in [5.74, 6) is 0.195. The summed E-state index contributed by atoms with van der Waals surface area (Å²) in [6, 6.07) is 9.03. The summed E-state index contributed by atoms with van der Waals surface area (Å²) in [6.45, 7) is 1.64. The number of nitriles is 1. The molecule has 0 amide bonds. The zero-order valence-electron chi connectivity index (χ0n) is 11.8. The number of hydrogen-bond donors (Lipinski definition) is 2. The van der Waals surface area contributed by atoms with Gasteiger partial charge in [0.25, 0.3) is 0 Å². The third-order valence-corrected chi connectivity index (χ3v) is 3.65. The van der Waals surface area contributed by atoms with Gasteiger partial charge < -0.3 is 4.90 Å². The molecule has 0 radical (unpaired) electrons. The molecule has 6 heteroatoms. The second-order valence-electron chi connectivity index (χ2n) is 4.94. The molecule has 0 aromatic heterocycles. The van der Waals surface area contributed by atoms with Crippen LogP contribution in [-0.2, 0) is 0 Å². The topological polar surface area (TPSA) is 75.3 Å². The highest BCUT2D eigenvalue weighted by Gasteiger charge is 2.17. The van der Waals surface area contributed by atoms with E-state index < -0.39 is 0 Å². The van der Waals surface area contributed by atoms with E-state index in [4.69, 9.17) is 17.0 Å². The van der Waals surface area contributed by atoms with Crippen molar-refractivity contribution >= 4 is 28.8 Å². The fraction of sp³-hybridized carbons (Fsp3) is 0.400. The molecule has 1 aromatic rings. The molecule has 2 N–H and O–H groups in total. The number of anilines is 1. The first kappa shape index (κ1) is 15.3. The van der Waals surface area contributed by atoms with Gasteiger partial charge in [-0.05, 0) is 37.1 Å². The van der Waals surface area contributed by atoms with Gasteiger partial charge in [-0.1, -0.05) is 24.4 Å². The third kappa shape index (κ3) is 4.47. The Bertz CT molecular complexity index is 550. The molecule has 0 spiro atoms. The van der Waals surface area contributed by atoms with Crippen LogP contribution in [0, 0.1) is 16.7 Å². The van der Waals surface area contributed by atoms with Gasteiger partial charge in [-0.25, -0.2) is 0 Å². The molecule has 1 aliphatic rings. The standard InChI is InChI=1S/C15H18ClN5/c16-12-5-7-13(8-6-12)19-20-14(11-17)15(18)21-9-3-1-2-4-10-21/h5-8,18-19H,1-4,9-10H2/b18-15?,20-14+. The summed E-state index contributed by atoms with van der Waals surface area (Å²) in [7, 11) is 0. The molecule has 0 bridgehead atoms. The largest absolute Gasteiger partial charge is 0.355 e. The van der Waals surface area contributed by atoms with Crippen LogP contribution in [0.15, 0.2) is 29.4 Å². The van der Waals surface area contributed by atoms with E-state index in [-0.39, 0.29) is 11.5 Å². The highest BCUT2D eigenvalue weighted by molar-refractivity contribution is 6.46. The number of amidine groups is 1. The van der Waals surface area contributed by atoms with Crippen LogP contribution in [0.25, 0.3) is 0 Å². The Kier molecular flexibility index (Phi) is 5.59. The van der Waals surface area contributed by atoms with Gasteiger partial charge in [-0.3, -0.25) is 10.8 Å². The van der Waals surface area contributed by atoms with Gasteiger partial charge >= 0.3 is 0 Å². The predicted molar refractivity (Wildman–Crippen MR) is 85.9 cm³/mol. The lowest BCUT2D eigenvalue weighted by atomic mass is 10.2. The van der Waals surface area contributed by atoms with Crippen molar-refractivity contribution in [3.8, 4) is 6.07 Å². The Hall–Kier alpha value is -2.06. The van der Waals surface area contributed by atoms with E-state index in [0.717, 1.165) is 31.6 Å². The molecule has 1 saturated heterocycles. The molecule has 1 heterocycles. The molecule has 1 aliphatic heterocycles. The number of benzene rings is 1. The third-order valence-electron chi connectivity index (χ3n) is 3.39. The quantitative estimate of drug-likeness (QED) is 0.510. The first-order valence-electron chi connectivity index (χ1n) is 7.04. The zero-order chi connectivity index (χ0) is 15.1. The van der Waals surface area contributed by atoms with Gasteiger partial charge in [0.15, 0.2) is 5.84 Å². The van der Waals surface area contributed by atoms with E-state index in [1.54, 1.807) is 24.3 Å². The lowest BCUT2D eigenvalue weighted by molar-refractivity contribution is 0.438. The molecule has 110 valence electrons. The molecule has 21 heavy (non-hydrogen) atoms. The molecular weight excluding hydrogens is 286 g/mol. The van der Waals surface area contributed by atoms with Gasteiger partial charge in [0.2, 0.25) is 5.71 Å². The molecular formula is C15H18ClN5. The number of likely N-dealkylation sites (tertiary alicyclic amines) is 1. The van der Waals surface area contributed by atoms with Gasteiger partial charge in [0, 0.05) is 18.1 Å². The van der Waals surface area contributed by atoms with Crippen molar-refractivity contribution in [3.05, 3.63) is 29.3 Å². The van der Waals surface area contributed by atoms with E-state index >= 15 is 0 Å². The Morgan fingerprint density at radius 2 is 1.81 bits per heavy atom. The first-order chi connectivity index (χ1) is 10.2. The number of halogens is 1. The maximum atomic E-state index is 9.21. The molecule has 0 aliphatic carbocycles. The van der Waals surface area contributed by atoms with Crippen LogP contribution < -0.4 is 5.43 Å². The molecule has 0 atom stereocenters. The second kappa shape index (κ2) is 7.65. The van der Waals surface area contributed by atoms with E-state index in [1.807, 2.05) is 11.0 Å². The Morgan fingerprint density at radius 3 is 2.38 bits per heavy atom. The monoisotopic (exact) mass is 303 g/mol. The minimum Gasteiger partial charge on any atom is -0.355 e. The smallest absolute Gasteiger partial charge is 0.202 e. The summed E-state index contributed by atoms with van der Waals surface area (Å²) in [6.07, 6.45) is 4.50. The summed E-state index contributed by atoms with van der Waals surface area (Å²) in [4.78, 5) is 1.93. The Labute approximate surface area is 129 Å². The average Bonchev–Trinajstić information content (AvgIpc) is 2.78. The van der Waals surface area contributed by atoms with Crippen LogP contribution in [-0.4, -0.2) is 29.5 Å². The summed E-state index contributed by atoms with van der Waals surface area (Å²) in [5.41, 5.74) is 3.63. The first-order valence-corrected chi connectivity index (χ1v) is 7.42. The maximum absolute atomic E-state index is 9.21. The fourth-order valence-electron chi connectivity index (χ4n) is 2.22. The molecule has 0 saturated carbocycles. The van der Waals surface area contributed by atoms with Crippen molar-refractivity contribution in [2.75, 3.05) is 18.5 Å². The fourth-order valence-corrected chi connectivity index (χ4v) is 2.35. The van der Waals surface area contributed by atoms with Crippen molar-refractivity contribution in [3.63, 3.8) is 0 Å². The molecule has 0 unspecified atom stereocenters. The van der Waals surface area contributed by atoms with Crippen molar-refractivity contribution in [2.45, 2.75) is 25.7 Å². The Balaban J connectivity index is 2.03. The number of nitrogens with zero attached hydrogens (tertiary/aromatic N) is 3. The molecule has 1 aromatic carbocycles. The number of rotatable bonds is 3. The van der Waals surface area contributed by atoms with Crippen LogP contribution in [0.4, 0.5) is 5.69 Å². The molecule has 1 fully saturated rings. The van der Waals surface area contributed by atoms with Crippen LogP contribution in [0.3, 0.4) is 0 Å². The minimum atomic E-state index is 0.104. The van der Waals surface area contributed by atoms with Crippen molar-refractivity contribution in [1.82, 2.24) is 4.90 Å². The predicted octanol–water partition coefficient (Wildman–Crippen LogP) is 3.48. The lowest BCUT2D eigenvalue weighted by Crippen LogP contribution is -2.36. The van der Waals surface area contributed by atoms with E-state index in [2.05, 4.69) is 10.5 Å². The highest BCUT2D eigenvalue weighted by atomic mass is 35.5. The second-order valence-corrected chi connectivity index (χ2v) is 5.38. The Morgan fingerprint density at radius 1 is 1.19 bits per heavy atom. The zero-order valence-corrected chi connectivity index (χ0v) is 12.5. The maximum Gasteiger partial charge on any atom is 0.202 e. The van der Waals surface area contributed by atoms with Crippen LogP contribution >= 0.6 is 11.6 Å². The summed E-state index contributed by atoms with van der Waals surface area (Å²) in [5, 5.41) is 22.0. The number of nitrogens with one attached hydrogen (secondary N) is 2. The summed E-state index contributed by atoms with van der Waals surface area (Å²) >= 11 is 5.81. The van der Waals surface area contributed by atoms with Gasteiger partial charge in [0.1, 0.15) is 6.07 Å².